The van der Waals surface area contributed by atoms with Crippen molar-refractivity contribution >= 4 is 17.5 Å². The Hall–Kier alpha value is -1.30. The fourth-order valence-corrected chi connectivity index (χ4v) is 4.49. The first-order valence-electron chi connectivity index (χ1n) is 8.89. The van der Waals surface area contributed by atoms with Crippen molar-refractivity contribution in [1.82, 2.24) is 9.80 Å². The molecule has 25 heavy (non-hydrogen) atoms. The highest BCUT2D eigenvalue weighted by Gasteiger charge is 2.42. The maximum absolute atomic E-state index is 11.7. The Labute approximate surface area is 154 Å². The van der Waals surface area contributed by atoms with E-state index in [0.717, 1.165) is 45.4 Å². The number of aliphatic hydroxyl groups excluding tert-OH is 1. The van der Waals surface area contributed by atoms with E-state index in [1.807, 2.05) is 17.0 Å². The van der Waals surface area contributed by atoms with E-state index in [4.69, 9.17) is 16.3 Å². The Morgan fingerprint density at radius 2 is 2.12 bits per heavy atom. The maximum Gasteiger partial charge on any atom is 0.219 e. The summed E-state index contributed by atoms with van der Waals surface area (Å²) in [6.45, 7) is 5.66. The molecule has 1 unspecified atom stereocenters. The Morgan fingerprint density at radius 3 is 2.72 bits per heavy atom. The monoisotopic (exact) mass is 366 g/mol. The summed E-state index contributed by atoms with van der Waals surface area (Å²) in [7, 11) is 1.62. The minimum atomic E-state index is -0.399. The summed E-state index contributed by atoms with van der Waals surface area (Å²) < 4.78 is 5.20. The number of ether oxygens (including phenoxy) is 1. The van der Waals surface area contributed by atoms with Crippen molar-refractivity contribution in [3.8, 4) is 5.75 Å². The van der Waals surface area contributed by atoms with Crippen molar-refractivity contribution in [2.24, 2.45) is 5.41 Å². The van der Waals surface area contributed by atoms with Gasteiger partial charge in [0.25, 0.3) is 0 Å². The molecule has 0 bridgehead atoms. The second kappa shape index (κ2) is 7.52. The zero-order valence-corrected chi connectivity index (χ0v) is 15.8. The number of likely N-dealkylation sites (tertiary alicyclic amines) is 2. The number of benzene rings is 1. The highest BCUT2D eigenvalue weighted by Crippen LogP contribution is 2.40. The topological polar surface area (TPSA) is 53.0 Å². The number of aliphatic hydroxyl groups is 1. The van der Waals surface area contributed by atoms with Crippen LogP contribution in [0.1, 0.15) is 31.7 Å². The summed E-state index contributed by atoms with van der Waals surface area (Å²) >= 11 is 6.22. The van der Waals surface area contributed by atoms with Crippen molar-refractivity contribution in [3.63, 3.8) is 0 Å². The van der Waals surface area contributed by atoms with Crippen molar-refractivity contribution in [3.05, 3.63) is 28.8 Å². The number of nitrogens with zero attached hydrogens (tertiary/aromatic N) is 2. The molecule has 1 atom stereocenters. The van der Waals surface area contributed by atoms with Gasteiger partial charge in [-0.05, 0) is 55.5 Å². The second-order valence-corrected chi connectivity index (χ2v) is 7.91. The fourth-order valence-electron chi connectivity index (χ4n) is 4.21. The Kier molecular flexibility index (Phi) is 5.56. The van der Waals surface area contributed by atoms with Gasteiger partial charge in [-0.3, -0.25) is 9.69 Å². The van der Waals surface area contributed by atoms with Gasteiger partial charge in [0.2, 0.25) is 5.91 Å². The summed E-state index contributed by atoms with van der Waals surface area (Å²) in [4.78, 5) is 16.0. The van der Waals surface area contributed by atoms with E-state index in [2.05, 4.69) is 11.0 Å². The predicted molar refractivity (Wildman–Crippen MR) is 97.8 cm³/mol. The molecule has 1 N–H and O–H groups in total. The van der Waals surface area contributed by atoms with E-state index in [9.17, 15) is 9.90 Å². The SMILES string of the molecule is COc1ccc(CN2CCC3(CC2)CC(O)CN(C(C)=O)C3)cc1Cl. The molecule has 2 aliphatic heterocycles. The molecule has 0 aliphatic carbocycles. The van der Waals surface area contributed by atoms with Crippen LogP contribution in [0.3, 0.4) is 0 Å². The molecular formula is C19H27ClN2O3. The van der Waals surface area contributed by atoms with Crippen LogP contribution in [0.4, 0.5) is 0 Å². The van der Waals surface area contributed by atoms with Gasteiger partial charge in [-0.2, -0.15) is 0 Å². The third-order valence-electron chi connectivity index (χ3n) is 5.61. The lowest BCUT2D eigenvalue weighted by atomic mass is 9.71. The number of hydrogen-bond acceptors (Lipinski definition) is 4. The number of β-amino-alcohol motifs (C(OH)–C–C–N with tert-alkyl or cyclic N) is 1. The third-order valence-corrected chi connectivity index (χ3v) is 5.91. The predicted octanol–water partition coefficient (Wildman–Crippen LogP) is 2.54. The van der Waals surface area contributed by atoms with Crippen molar-refractivity contribution in [1.29, 1.82) is 0 Å². The lowest BCUT2D eigenvalue weighted by Gasteiger charge is -2.49. The molecule has 0 aromatic heterocycles. The number of piperidine rings is 2. The van der Waals surface area contributed by atoms with Crippen LogP contribution < -0.4 is 4.74 Å². The molecular weight excluding hydrogens is 340 g/mol. The van der Waals surface area contributed by atoms with Crippen LogP contribution in [0.25, 0.3) is 0 Å². The molecule has 5 nitrogen and oxygen atoms in total. The zero-order chi connectivity index (χ0) is 18.0. The van der Waals surface area contributed by atoms with E-state index in [1.54, 1.807) is 14.0 Å². The van der Waals surface area contributed by atoms with Crippen LogP contribution in [-0.4, -0.2) is 60.2 Å². The van der Waals surface area contributed by atoms with Gasteiger partial charge in [-0.15, -0.1) is 0 Å². The average Bonchev–Trinajstić information content (AvgIpc) is 2.57. The summed E-state index contributed by atoms with van der Waals surface area (Å²) in [5.74, 6) is 0.761. The molecule has 1 amide bonds. The largest absolute Gasteiger partial charge is 0.495 e. The van der Waals surface area contributed by atoms with Crippen molar-refractivity contribution in [2.45, 2.75) is 38.8 Å². The van der Waals surface area contributed by atoms with Crippen LogP contribution in [0.2, 0.25) is 5.02 Å². The minimum Gasteiger partial charge on any atom is -0.495 e. The molecule has 6 heteroatoms. The van der Waals surface area contributed by atoms with E-state index < -0.39 is 6.10 Å². The molecule has 2 fully saturated rings. The smallest absolute Gasteiger partial charge is 0.219 e. The first kappa shape index (κ1) is 18.5. The molecule has 2 saturated heterocycles. The standard InChI is InChI=1S/C19H27ClN2O3/c1-14(23)22-12-16(24)10-19(13-22)5-7-21(8-6-19)11-15-3-4-18(25-2)17(20)9-15/h3-4,9,16,24H,5-8,10-13H2,1-2H3. The van der Waals surface area contributed by atoms with E-state index in [1.165, 1.54) is 5.56 Å². The Morgan fingerprint density at radius 1 is 1.40 bits per heavy atom. The van der Waals surface area contributed by atoms with Gasteiger partial charge in [-0.25, -0.2) is 0 Å². The molecule has 138 valence electrons. The summed E-state index contributed by atoms with van der Waals surface area (Å²) in [6.07, 6.45) is 2.43. The van der Waals surface area contributed by atoms with Gasteiger partial charge >= 0.3 is 0 Å². The lowest BCUT2D eigenvalue weighted by molar-refractivity contribution is -0.138. The summed E-state index contributed by atoms with van der Waals surface area (Å²) in [5.41, 5.74) is 1.24. The molecule has 1 aromatic carbocycles. The molecule has 0 saturated carbocycles. The highest BCUT2D eigenvalue weighted by molar-refractivity contribution is 6.32. The van der Waals surface area contributed by atoms with Crippen LogP contribution >= 0.6 is 11.6 Å². The Balaban J connectivity index is 1.60. The molecule has 1 spiro atoms. The van der Waals surface area contributed by atoms with Crippen molar-refractivity contribution in [2.75, 3.05) is 33.3 Å². The van der Waals surface area contributed by atoms with Gasteiger partial charge in [0, 0.05) is 26.6 Å². The number of rotatable bonds is 3. The lowest BCUT2D eigenvalue weighted by Crippen LogP contribution is -2.54. The van der Waals surface area contributed by atoms with E-state index in [0.29, 0.717) is 17.3 Å². The van der Waals surface area contributed by atoms with Crippen LogP contribution in [0, 0.1) is 5.41 Å². The molecule has 2 aliphatic rings. The summed E-state index contributed by atoms with van der Waals surface area (Å²) in [6, 6.07) is 5.93. The average molecular weight is 367 g/mol. The number of amides is 1. The van der Waals surface area contributed by atoms with E-state index >= 15 is 0 Å². The van der Waals surface area contributed by atoms with Crippen LogP contribution in [0.15, 0.2) is 18.2 Å². The second-order valence-electron chi connectivity index (χ2n) is 7.50. The normalized spacial score (nSPS) is 23.7. The van der Waals surface area contributed by atoms with Gasteiger partial charge in [0.15, 0.2) is 0 Å². The first-order valence-corrected chi connectivity index (χ1v) is 9.27. The quantitative estimate of drug-likeness (QED) is 0.893. The number of carbonyl (C=O) groups excluding carboxylic acids is 1. The molecule has 2 heterocycles. The van der Waals surface area contributed by atoms with Gasteiger partial charge in [0.05, 0.1) is 18.2 Å². The highest BCUT2D eigenvalue weighted by atomic mass is 35.5. The van der Waals surface area contributed by atoms with Gasteiger partial charge in [0.1, 0.15) is 5.75 Å². The van der Waals surface area contributed by atoms with E-state index in [-0.39, 0.29) is 11.3 Å². The molecule has 3 rings (SSSR count). The first-order chi connectivity index (χ1) is 11.9. The third kappa shape index (κ3) is 4.27. The number of methoxy groups -OCH3 is 1. The summed E-state index contributed by atoms with van der Waals surface area (Å²) in [5, 5.41) is 10.8. The fraction of sp³-hybridized carbons (Fsp3) is 0.632. The number of hydrogen-bond donors (Lipinski definition) is 1. The van der Waals surface area contributed by atoms with Gasteiger partial charge < -0.3 is 14.7 Å². The maximum atomic E-state index is 11.7. The minimum absolute atomic E-state index is 0.0634. The van der Waals surface area contributed by atoms with Crippen LogP contribution in [-0.2, 0) is 11.3 Å². The zero-order valence-electron chi connectivity index (χ0n) is 15.0. The van der Waals surface area contributed by atoms with Gasteiger partial charge in [-0.1, -0.05) is 17.7 Å². The number of halogens is 1. The Bertz CT molecular complexity index is 629. The van der Waals surface area contributed by atoms with Crippen LogP contribution in [0.5, 0.6) is 5.75 Å². The molecule has 1 aromatic rings. The van der Waals surface area contributed by atoms with Crippen molar-refractivity contribution < 1.29 is 14.6 Å². The number of carbonyl (C=O) groups is 1. The molecule has 0 radical (unpaired) electrons.